The molecule has 0 atom stereocenters. The van der Waals surface area contributed by atoms with Gasteiger partial charge in [0.05, 0.1) is 17.6 Å². The van der Waals surface area contributed by atoms with Crippen molar-refractivity contribution in [3.63, 3.8) is 0 Å². The highest BCUT2D eigenvalue weighted by Gasteiger charge is 2.13. The minimum absolute atomic E-state index is 0.0160. The molecule has 1 amide bonds. The highest BCUT2D eigenvalue weighted by atomic mass is 32.1. The summed E-state index contributed by atoms with van der Waals surface area (Å²) in [6, 6.07) is 11.6. The minimum Gasteiger partial charge on any atom is -0.465 e. The number of rotatable bonds is 4. The fourth-order valence-electron chi connectivity index (χ4n) is 1.91. The van der Waals surface area contributed by atoms with E-state index >= 15 is 0 Å². The highest BCUT2D eigenvalue weighted by molar-refractivity contribution is 7.80. The summed E-state index contributed by atoms with van der Waals surface area (Å²) >= 11 is 5.04. The van der Waals surface area contributed by atoms with E-state index in [9.17, 15) is 19.7 Å². The Morgan fingerprint density at radius 2 is 1.80 bits per heavy atom. The van der Waals surface area contributed by atoms with Gasteiger partial charge in [0.25, 0.3) is 11.6 Å². The molecular weight excluding hydrogens is 346 g/mol. The van der Waals surface area contributed by atoms with Crippen LogP contribution in [0.2, 0.25) is 0 Å². The van der Waals surface area contributed by atoms with E-state index in [1.54, 1.807) is 24.3 Å². The van der Waals surface area contributed by atoms with E-state index in [2.05, 4.69) is 15.4 Å². The van der Waals surface area contributed by atoms with Crippen molar-refractivity contribution in [2.75, 3.05) is 12.4 Å². The predicted molar refractivity (Wildman–Crippen MR) is 94.6 cm³/mol. The number of hydrogen-bond acceptors (Lipinski definition) is 6. The number of carbonyl (C=O) groups is 2. The summed E-state index contributed by atoms with van der Waals surface area (Å²) in [6.45, 7) is 0. The summed E-state index contributed by atoms with van der Waals surface area (Å²) in [7, 11) is 1.28. The second kappa shape index (κ2) is 7.97. The topological polar surface area (TPSA) is 111 Å². The molecule has 0 spiro atoms. The Kier molecular flexibility index (Phi) is 5.75. The third-order valence-corrected chi connectivity index (χ3v) is 3.31. The minimum atomic E-state index is -0.587. The highest BCUT2D eigenvalue weighted by Crippen LogP contribution is 2.13. The van der Waals surface area contributed by atoms with Crippen LogP contribution in [-0.4, -0.2) is 29.0 Å². The van der Waals surface area contributed by atoms with Crippen LogP contribution >= 0.6 is 12.2 Å². The maximum absolute atomic E-state index is 12.1. The number of nitro groups is 1. The SMILES string of the molecule is COC(=O)c1ccc(NC(=S)NC(=O)c2cccc([N+](=O)[O-])c2)cc1. The Bertz CT molecular complexity index is 836. The first-order valence-corrected chi connectivity index (χ1v) is 7.36. The Hall–Kier alpha value is -3.33. The summed E-state index contributed by atoms with van der Waals surface area (Å²) < 4.78 is 4.60. The standard InChI is InChI=1S/C16H13N3O5S/c1-24-15(21)10-5-7-12(8-6-10)17-16(25)18-14(20)11-3-2-4-13(9-11)19(22)23/h2-9H,1H3,(H2,17,18,20,25). The van der Waals surface area contributed by atoms with Crippen LogP contribution < -0.4 is 10.6 Å². The van der Waals surface area contributed by atoms with E-state index in [0.717, 1.165) is 6.07 Å². The monoisotopic (exact) mass is 359 g/mol. The van der Waals surface area contributed by atoms with E-state index in [4.69, 9.17) is 12.2 Å². The largest absolute Gasteiger partial charge is 0.465 e. The fraction of sp³-hybridized carbons (Fsp3) is 0.0625. The number of benzene rings is 2. The molecule has 0 aromatic heterocycles. The molecule has 2 rings (SSSR count). The van der Waals surface area contributed by atoms with Crippen molar-refractivity contribution < 1.29 is 19.2 Å². The lowest BCUT2D eigenvalue weighted by atomic mass is 10.2. The number of amides is 1. The van der Waals surface area contributed by atoms with Gasteiger partial charge in [0.2, 0.25) is 0 Å². The number of non-ortho nitro benzene ring substituents is 1. The molecule has 2 N–H and O–H groups in total. The van der Waals surface area contributed by atoms with Gasteiger partial charge < -0.3 is 10.1 Å². The van der Waals surface area contributed by atoms with Crippen molar-refractivity contribution >= 4 is 40.6 Å². The van der Waals surface area contributed by atoms with E-state index in [1.807, 2.05) is 0 Å². The summed E-state index contributed by atoms with van der Waals surface area (Å²) in [4.78, 5) is 33.6. The van der Waals surface area contributed by atoms with Gasteiger partial charge in [0, 0.05) is 23.4 Å². The van der Waals surface area contributed by atoms with Gasteiger partial charge in [0.1, 0.15) is 0 Å². The second-order valence-corrected chi connectivity index (χ2v) is 5.19. The third-order valence-electron chi connectivity index (χ3n) is 3.11. The van der Waals surface area contributed by atoms with Gasteiger partial charge in [-0.2, -0.15) is 0 Å². The smallest absolute Gasteiger partial charge is 0.337 e. The van der Waals surface area contributed by atoms with Crippen molar-refractivity contribution in [1.29, 1.82) is 0 Å². The Morgan fingerprint density at radius 3 is 2.40 bits per heavy atom. The van der Waals surface area contributed by atoms with Crippen molar-refractivity contribution in [2.24, 2.45) is 0 Å². The molecule has 128 valence electrons. The lowest BCUT2D eigenvalue weighted by Crippen LogP contribution is -2.34. The number of methoxy groups -OCH3 is 1. The van der Waals surface area contributed by atoms with Crippen LogP contribution in [0.25, 0.3) is 0 Å². The first kappa shape index (κ1) is 18.0. The van der Waals surface area contributed by atoms with Gasteiger partial charge in [0.15, 0.2) is 5.11 Å². The zero-order valence-electron chi connectivity index (χ0n) is 13.0. The number of nitrogens with zero attached hydrogens (tertiary/aromatic N) is 1. The number of esters is 1. The third kappa shape index (κ3) is 4.82. The van der Waals surface area contributed by atoms with Gasteiger partial charge in [-0.3, -0.25) is 20.2 Å². The molecule has 0 unspecified atom stereocenters. The lowest BCUT2D eigenvalue weighted by Gasteiger charge is -2.10. The van der Waals surface area contributed by atoms with Crippen molar-refractivity contribution in [2.45, 2.75) is 0 Å². The molecule has 0 radical (unpaired) electrons. The average molecular weight is 359 g/mol. The molecule has 2 aromatic rings. The molecule has 0 saturated heterocycles. The van der Waals surface area contributed by atoms with Crippen molar-refractivity contribution in [1.82, 2.24) is 5.32 Å². The van der Waals surface area contributed by atoms with Crippen LogP contribution in [0.3, 0.4) is 0 Å². The van der Waals surface area contributed by atoms with Gasteiger partial charge in [-0.15, -0.1) is 0 Å². The number of anilines is 1. The Labute approximate surface area is 147 Å². The summed E-state index contributed by atoms with van der Waals surface area (Å²) in [5.74, 6) is -1.04. The maximum Gasteiger partial charge on any atom is 0.337 e. The summed E-state index contributed by atoms with van der Waals surface area (Å²) in [5.41, 5.74) is 0.848. The molecule has 0 heterocycles. The number of thiocarbonyl (C=S) groups is 1. The van der Waals surface area contributed by atoms with E-state index in [-0.39, 0.29) is 16.4 Å². The molecule has 2 aromatic carbocycles. The molecule has 25 heavy (non-hydrogen) atoms. The second-order valence-electron chi connectivity index (χ2n) is 4.78. The van der Waals surface area contributed by atoms with E-state index in [1.165, 1.54) is 25.3 Å². The van der Waals surface area contributed by atoms with Crippen LogP contribution in [0.1, 0.15) is 20.7 Å². The molecule has 9 heteroatoms. The molecule has 0 saturated carbocycles. The molecule has 0 aliphatic carbocycles. The van der Waals surface area contributed by atoms with Crippen LogP contribution in [-0.2, 0) is 4.74 Å². The molecule has 0 aliphatic rings. The lowest BCUT2D eigenvalue weighted by molar-refractivity contribution is -0.384. The van der Waals surface area contributed by atoms with Gasteiger partial charge in [-0.05, 0) is 42.5 Å². The predicted octanol–water partition coefficient (Wildman–Crippen LogP) is 2.51. The van der Waals surface area contributed by atoms with E-state index < -0.39 is 16.8 Å². The maximum atomic E-state index is 12.1. The number of carbonyl (C=O) groups excluding carboxylic acids is 2. The average Bonchev–Trinajstić information content (AvgIpc) is 2.61. The van der Waals surface area contributed by atoms with Crippen molar-refractivity contribution in [3.8, 4) is 0 Å². The summed E-state index contributed by atoms with van der Waals surface area (Å²) in [6.07, 6.45) is 0. The van der Waals surface area contributed by atoms with Gasteiger partial charge >= 0.3 is 5.97 Å². The molecule has 8 nitrogen and oxygen atoms in total. The molecular formula is C16H13N3O5S. The number of nitro benzene ring substituents is 1. The normalized spacial score (nSPS) is 9.80. The van der Waals surface area contributed by atoms with Gasteiger partial charge in [-0.25, -0.2) is 4.79 Å². The van der Waals surface area contributed by atoms with Crippen LogP contribution in [0.5, 0.6) is 0 Å². The number of nitrogens with one attached hydrogen (secondary N) is 2. The van der Waals surface area contributed by atoms with E-state index in [0.29, 0.717) is 11.3 Å². The first-order chi connectivity index (χ1) is 11.9. The number of hydrogen-bond donors (Lipinski definition) is 2. The summed E-state index contributed by atoms with van der Waals surface area (Å²) in [5, 5.41) is 16.0. The number of ether oxygens (including phenoxy) is 1. The van der Waals surface area contributed by atoms with Gasteiger partial charge in [-0.1, -0.05) is 6.07 Å². The molecule has 0 bridgehead atoms. The van der Waals surface area contributed by atoms with Crippen LogP contribution in [0, 0.1) is 10.1 Å². The Morgan fingerprint density at radius 1 is 1.12 bits per heavy atom. The zero-order valence-corrected chi connectivity index (χ0v) is 13.8. The van der Waals surface area contributed by atoms with Crippen molar-refractivity contribution in [3.05, 3.63) is 69.8 Å². The molecule has 0 fully saturated rings. The quantitative estimate of drug-likeness (QED) is 0.373. The van der Waals surface area contributed by atoms with Crippen LogP contribution in [0.15, 0.2) is 48.5 Å². The zero-order chi connectivity index (χ0) is 18.4. The molecule has 0 aliphatic heterocycles. The first-order valence-electron chi connectivity index (χ1n) is 6.96. The van der Waals surface area contributed by atoms with Crippen LogP contribution in [0.4, 0.5) is 11.4 Å². The Balaban J connectivity index is 2.00. The fourth-order valence-corrected chi connectivity index (χ4v) is 2.12.